The minimum absolute atomic E-state index is 0. The predicted molar refractivity (Wildman–Crippen MR) is 46.3 cm³/mol. The number of carbonyl (C=O) groups excluding carboxylic acids is 1. The van der Waals surface area contributed by atoms with Gasteiger partial charge in [-0.3, -0.25) is 9.78 Å². The van der Waals surface area contributed by atoms with Crippen LogP contribution in [0.5, 0.6) is 0 Å². The first-order valence-corrected chi connectivity index (χ1v) is 3.81. The summed E-state index contributed by atoms with van der Waals surface area (Å²) < 4.78 is 35.3. The van der Waals surface area contributed by atoms with E-state index in [1.54, 1.807) is 0 Å². The molecule has 1 heterocycles. The Hall–Kier alpha value is -1.29. The second-order valence-corrected chi connectivity index (χ2v) is 2.61. The van der Waals surface area contributed by atoms with E-state index < -0.39 is 17.7 Å². The number of allylic oxidation sites excluding steroid dienone is 2. The molecule has 0 aliphatic heterocycles. The number of hydrogen-bond donors (Lipinski definition) is 0. The number of halogens is 3. The van der Waals surface area contributed by atoms with Crippen LogP contribution in [-0.2, 0) is 0 Å². The van der Waals surface area contributed by atoms with Crippen molar-refractivity contribution in [1.82, 2.24) is 4.98 Å². The van der Waals surface area contributed by atoms with Gasteiger partial charge in [-0.1, -0.05) is 0 Å². The average Bonchev–Trinajstić information content (AvgIpc) is 2.17. The smallest absolute Gasteiger partial charge is 0.869 e. The Labute approximate surface area is 107 Å². The van der Waals surface area contributed by atoms with Gasteiger partial charge in [-0.05, 0) is 24.0 Å². The van der Waals surface area contributed by atoms with Gasteiger partial charge in [0, 0.05) is 18.0 Å². The largest absolute Gasteiger partial charge is 1.00 e. The number of aromatic nitrogens is 1. The van der Waals surface area contributed by atoms with Crippen molar-refractivity contribution in [1.29, 1.82) is 0 Å². The van der Waals surface area contributed by atoms with E-state index in [9.17, 15) is 23.1 Å². The Morgan fingerprint density at radius 3 is 2.18 bits per heavy atom. The summed E-state index contributed by atoms with van der Waals surface area (Å²) in [5.41, 5.74) is -0.0115. The number of carbonyl (C=O) groups is 1. The van der Waals surface area contributed by atoms with Gasteiger partial charge in [-0.25, -0.2) is 0 Å². The maximum absolute atomic E-state index is 11.8. The normalized spacial score (nSPS) is 11.1. The topological polar surface area (TPSA) is 84.5 Å². The van der Waals surface area contributed by atoms with Crippen LogP contribution in [0, 0.1) is 0 Å². The molecule has 4 nitrogen and oxygen atoms in total. The molecule has 0 amide bonds. The molecule has 1 aromatic rings. The number of hydrogen-bond acceptors (Lipinski definition) is 3. The molecule has 0 atom stereocenters. The first kappa shape index (κ1) is 18.1. The molecule has 0 spiro atoms. The van der Waals surface area contributed by atoms with E-state index >= 15 is 0 Å². The molecule has 17 heavy (non-hydrogen) atoms. The third-order valence-corrected chi connectivity index (χ3v) is 1.51. The maximum Gasteiger partial charge on any atom is 1.00 e. The summed E-state index contributed by atoms with van der Waals surface area (Å²) in [6.07, 6.45) is -2.49. The van der Waals surface area contributed by atoms with Gasteiger partial charge in [-0.15, -0.1) is 0 Å². The first-order valence-electron chi connectivity index (χ1n) is 3.81. The molecule has 2 N–H and O–H groups in total. The Morgan fingerprint density at radius 1 is 1.29 bits per heavy atom. The number of nitrogens with zero attached hydrogens (tertiary/aromatic N) is 1. The second kappa shape index (κ2) is 7.12. The number of rotatable bonds is 2. The van der Waals surface area contributed by atoms with Gasteiger partial charge < -0.3 is 10.6 Å². The predicted octanol–water partition coefficient (Wildman–Crippen LogP) is -2.75. The van der Waals surface area contributed by atoms with E-state index in [0.29, 0.717) is 0 Å². The van der Waals surface area contributed by atoms with Crippen LogP contribution in [0.2, 0.25) is 0 Å². The molecule has 0 bridgehead atoms. The van der Waals surface area contributed by atoms with Crippen LogP contribution in [0.4, 0.5) is 13.2 Å². The first-order chi connectivity index (χ1) is 6.91. The molecular formula is C9H7F3LiNO3. The van der Waals surface area contributed by atoms with Crippen LogP contribution in [0.3, 0.4) is 0 Å². The van der Waals surface area contributed by atoms with Gasteiger partial charge in [0.1, 0.15) is 0 Å². The zero-order chi connectivity index (χ0) is 11.5. The molecular weight excluding hydrogens is 234 g/mol. The van der Waals surface area contributed by atoms with Gasteiger partial charge in [0.25, 0.3) is 0 Å². The van der Waals surface area contributed by atoms with Crippen molar-refractivity contribution >= 4 is 5.78 Å². The molecule has 88 valence electrons. The van der Waals surface area contributed by atoms with Crippen molar-refractivity contribution in [2.45, 2.75) is 6.18 Å². The van der Waals surface area contributed by atoms with E-state index in [2.05, 4.69) is 4.98 Å². The standard InChI is InChI=1S/C9H6F3NO2.Li.H2O/c10-9(11,12)8(15)5-7(14)6-1-3-13-4-2-6;;/h1-5,15H;;1H2/q;+1;/p-1/b8-5-;;. The third-order valence-electron chi connectivity index (χ3n) is 1.51. The maximum atomic E-state index is 11.8. The molecule has 0 fully saturated rings. The molecule has 0 aromatic carbocycles. The summed E-state index contributed by atoms with van der Waals surface area (Å²) in [7, 11) is 0. The fourth-order valence-electron chi connectivity index (χ4n) is 0.800. The molecule has 0 radical (unpaired) electrons. The molecule has 0 saturated carbocycles. The molecule has 0 aliphatic carbocycles. The quantitative estimate of drug-likeness (QED) is 0.243. The summed E-state index contributed by atoms with van der Waals surface area (Å²) in [4.78, 5) is 14.7. The summed E-state index contributed by atoms with van der Waals surface area (Å²) in [5.74, 6) is -3.15. The van der Waals surface area contributed by atoms with Gasteiger partial charge in [0.2, 0.25) is 0 Å². The fraction of sp³-hybridized carbons (Fsp3) is 0.111. The van der Waals surface area contributed by atoms with Crippen molar-refractivity contribution in [3.8, 4) is 0 Å². The zero-order valence-electron chi connectivity index (χ0n) is 8.78. The SMILES string of the molecule is O.O=C(/C=C(\[O-])C(F)(F)F)c1ccncc1.[Li+]. The van der Waals surface area contributed by atoms with E-state index in [0.717, 1.165) is 0 Å². The van der Waals surface area contributed by atoms with E-state index in [4.69, 9.17) is 0 Å². The molecule has 1 aromatic heterocycles. The van der Waals surface area contributed by atoms with Crippen LogP contribution in [0.25, 0.3) is 0 Å². The van der Waals surface area contributed by atoms with Crippen molar-refractivity contribution in [2.75, 3.05) is 0 Å². The van der Waals surface area contributed by atoms with Crippen LogP contribution < -0.4 is 24.0 Å². The Bertz CT molecular complexity index is 392. The van der Waals surface area contributed by atoms with Gasteiger partial charge in [0.05, 0.1) is 0 Å². The van der Waals surface area contributed by atoms with Crippen LogP contribution in [0.15, 0.2) is 36.4 Å². The molecule has 0 saturated heterocycles. The van der Waals surface area contributed by atoms with Crippen molar-refractivity contribution in [2.24, 2.45) is 0 Å². The van der Waals surface area contributed by atoms with Crippen LogP contribution in [-0.4, -0.2) is 22.4 Å². The molecule has 0 aliphatic rings. The van der Waals surface area contributed by atoms with Gasteiger partial charge >= 0.3 is 25.0 Å². The zero-order valence-corrected chi connectivity index (χ0v) is 8.78. The molecule has 0 unspecified atom stereocenters. The van der Waals surface area contributed by atoms with E-state index in [1.807, 2.05) is 0 Å². The minimum Gasteiger partial charge on any atom is -0.869 e. The Balaban J connectivity index is 0. The fourth-order valence-corrected chi connectivity index (χ4v) is 0.800. The number of ketones is 1. The second-order valence-electron chi connectivity index (χ2n) is 2.61. The van der Waals surface area contributed by atoms with Crippen molar-refractivity contribution in [3.05, 3.63) is 41.9 Å². The van der Waals surface area contributed by atoms with Crippen molar-refractivity contribution < 1.29 is 47.4 Å². The van der Waals surface area contributed by atoms with Crippen LogP contribution >= 0.6 is 0 Å². The van der Waals surface area contributed by atoms with E-state index in [-0.39, 0.29) is 36.0 Å². The van der Waals surface area contributed by atoms with Crippen LogP contribution in [0.1, 0.15) is 10.4 Å². The monoisotopic (exact) mass is 241 g/mol. The van der Waals surface area contributed by atoms with Gasteiger partial charge in [0.15, 0.2) is 5.78 Å². The Morgan fingerprint density at radius 2 is 1.76 bits per heavy atom. The average molecular weight is 241 g/mol. The number of alkyl halides is 3. The van der Waals surface area contributed by atoms with Crippen molar-refractivity contribution in [3.63, 3.8) is 0 Å². The molecule has 8 heteroatoms. The summed E-state index contributed by atoms with van der Waals surface area (Å²) >= 11 is 0. The number of pyridine rings is 1. The third kappa shape index (κ3) is 5.54. The summed E-state index contributed by atoms with van der Waals surface area (Å²) in [5, 5.41) is 10.4. The summed E-state index contributed by atoms with van der Waals surface area (Å²) in [6, 6.07) is 2.45. The minimum atomic E-state index is -5.01. The van der Waals surface area contributed by atoms with E-state index in [1.165, 1.54) is 24.5 Å². The Kier molecular flexibility index (Phi) is 7.57. The van der Waals surface area contributed by atoms with Gasteiger partial charge in [-0.2, -0.15) is 13.2 Å². The summed E-state index contributed by atoms with van der Waals surface area (Å²) in [6.45, 7) is 0. The molecule has 1 rings (SSSR count).